The summed E-state index contributed by atoms with van der Waals surface area (Å²) in [6.07, 6.45) is 2.27. The van der Waals surface area contributed by atoms with E-state index >= 15 is 0 Å². The van der Waals surface area contributed by atoms with Crippen LogP contribution in [0.5, 0.6) is 0 Å². The maximum atomic E-state index is 13.3. The van der Waals surface area contributed by atoms with Crippen molar-refractivity contribution in [3.63, 3.8) is 0 Å². The first-order valence-electron chi connectivity index (χ1n) is 13.2. The van der Waals surface area contributed by atoms with Crippen LogP contribution in [0, 0.1) is 5.92 Å². The number of H-pyrrole nitrogens is 1. The second kappa shape index (κ2) is 13.6. The molecular weight excluding hydrogens is 500 g/mol. The number of aromatic nitrogens is 1. The summed E-state index contributed by atoms with van der Waals surface area (Å²) >= 11 is 0. The summed E-state index contributed by atoms with van der Waals surface area (Å²) in [5.41, 5.74) is 1.20. The zero-order chi connectivity index (χ0) is 28.5. The first kappa shape index (κ1) is 29.4. The van der Waals surface area contributed by atoms with Gasteiger partial charge in [0.2, 0.25) is 23.6 Å². The lowest BCUT2D eigenvalue weighted by atomic mass is 10.0. The maximum absolute atomic E-state index is 13.3. The average molecular weight is 539 g/mol. The van der Waals surface area contributed by atoms with Gasteiger partial charge in [0.25, 0.3) is 5.91 Å². The van der Waals surface area contributed by atoms with Crippen molar-refractivity contribution < 1.29 is 24.0 Å². The van der Waals surface area contributed by atoms with Gasteiger partial charge in [-0.2, -0.15) is 0 Å². The maximum Gasteiger partial charge on any atom is 0.270 e. The lowest BCUT2D eigenvalue weighted by Crippen LogP contribution is -2.57. The molecule has 11 nitrogen and oxygen atoms in total. The molecule has 0 spiro atoms. The number of aromatic amines is 1. The molecule has 5 amide bonds. The van der Waals surface area contributed by atoms with Crippen LogP contribution in [-0.4, -0.2) is 89.1 Å². The number of likely N-dealkylation sites (N-methyl/N-ethyl adjacent to an activating group) is 1. The molecule has 2 heterocycles. The summed E-state index contributed by atoms with van der Waals surface area (Å²) in [5.74, 6) is -2.44. The molecule has 1 saturated heterocycles. The van der Waals surface area contributed by atoms with Gasteiger partial charge in [-0.25, -0.2) is 0 Å². The monoisotopic (exact) mass is 538 g/mol. The van der Waals surface area contributed by atoms with Crippen molar-refractivity contribution in [2.24, 2.45) is 5.92 Å². The number of rotatable bonds is 4. The molecule has 210 valence electrons. The average Bonchev–Trinajstić information content (AvgIpc) is 3.45. The van der Waals surface area contributed by atoms with E-state index in [-0.39, 0.29) is 43.8 Å². The molecule has 39 heavy (non-hydrogen) atoms. The predicted molar refractivity (Wildman–Crippen MR) is 145 cm³/mol. The molecule has 0 radical (unpaired) electrons. The van der Waals surface area contributed by atoms with Gasteiger partial charge in [-0.05, 0) is 37.0 Å². The number of benzene rings is 1. The molecule has 3 atom stereocenters. The van der Waals surface area contributed by atoms with Crippen LogP contribution in [0.1, 0.15) is 43.2 Å². The molecule has 1 aliphatic heterocycles. The molecule has 1 aromatic carbocycles. The van der Waals surface area contributed by atoms with Gasteiger partial charge in [-0.1, -0.05) is 44.2 Å². The molecule has 4 N–H and O–H groups in total. The van der Waals surface area contributed by atoms with Gasteiger partial charge in [-0.15, -0.1) is 0 Å². The molecule has 1 aromatic heterocycles. The molecule has 0 aliphatic carbocycles. The van der Waals surface area contributed by atoms with Gasteiger partial charge in [0.1, 0.15) is 23.8 Å². The van der Waals surface area contributed by atoms with Gasteiger partial charge in [-0.3, -0.25) is 24.0 Å². The molecule has 1 aliphatic rings. The normalized spacial score (nSPS) is 22.3. The second-order valence-corrected chi connectivity index (χ2v) is 10.1. The van der Waals surface area contributed by atoms with Crippen LogP contribution in [0.4, 0.5) is 0 Å². The van der Waals surface area contributed by atoms with E-state index < -0.39 is 35.8 Å². The summed E-state index contributed by atoms with van der Waals surface area (Å²) in [5, 5.41) is 8.38. The topological polar surface area (TPSA) is 144 Å². The van der Waals surface area contributed by atoms with Crippen molar-refractivity contribution in [2.45, 2.75) is 51.7 Å². The van der Waals surface area contributed by atoms with Crippen LogP contribution in [0.3, 0.4) is 0 Å². The first-order chi connectivity index (χ1) is 18.6. The Balaban J connectivity index is 1.88. The van der Waals surface area contributed by atoms with E-state index in [9.17, 15) is 24.0 Å². The van der Waals surface area contributed by atoms with Crippen LogP contribution >= 0.6 is 0 Å². The van der Waals surface area contributed by atoms with Gasteiger partial charge >= 0.3 is 0 Å². The number of amides is 5. The van der Waals surface area contributed by atoms with Crippen LogP contribution in [-0.2, 0) is 25.6 Å². The Kier molecular flexibility index (Phi) is 10.2. The highest BCUT2D eigenvalue weighted by atomic mass is 16.2. The standard InChI is InChI=1S/C28H38N6O5/c1-18(2)24-28(39)33(4)17-23(35)31-22(16-20-10-6-5-7-11-20)26(37)30-14-9-15-34(19(3)25(36)32-24)27(38)21-12-8-13-29-21/h5-8,10-13,18-19,22,24,29H,9,14-17H2,1-4H3,(H,30,37)(H,31,35)(H,32,36)/t19-,22+,24+/m1/s1. The summed E-state index contributed by atoms with van der Waals surface area (Å²) in [6.45, 7) is 5.32. The van der Waals surface area contributed by atoms with Crippen LogP contribution in [0.2, 0.25) is 0 Å². The Labute approximate surface area is 228 Å². The quantitative estimate of drug-likeness (QED) is 0.453. The number of carbonyl (C=O) groups is 5. The molecule has 0 unspecified atom stereocenters. The van der Waals surface area contributed by atoms with E-state index in [4.69, 9.17) is 0 Å². The minimum atomic E-state index is -0.906. The van der Waals surface area contributed by atoms with E-state index in [0.29, 0.717) is 12.1 Å². The third-order valence-corrected chi connectivity index (χ3v) is 6.73. The van der Waals surface area contributed by atoms with Crippen LogP contribution < -0.4 is 16.0 Å². The number of nitrogens with zero attached hydrogens (tertiary/aromatic N) is 2. The van der Waals surface area contributed by atoms with E-state index in [1.807, 2.05) is 30.3 Å². The summed E-state index contributed by atoms with van der Waals surface area (Å²) in [6, 6.07) is 9.99. The lowest BCUT2D eigenvalue weighted by Gasteiger charge is -2.32. The zero-order valence-corrected chi connectivity index (χ0v) is 22.9. The number of hydrogen-bond donors (Lipinski definition) is 4. The second-order valence-electron chi connectivity index (χ2n) is 10.1. The molecular formula is C28H38N6O5. The number of carbonyl (C=O) groups excluding carboxylic acids is 5. The molecule has 11 heteroatoms. The van der Waals surface area contributed by atoms with Crippen molar-refractivity contribution in [3.05, 3.63) is 59.9 Å². The number of hydrogen-bond acceptors (Lipinski definition) is 5. The minimum absolute atomic E-state index is 0.183. The summed E-state index contributed by atoms with van der Waals surface area (Å²) < 4.78 is 0. The fourth-order valence-electron chi connectivity index (χ4n) is 4.43. The smallest absolute Gasteiger partial charge is 0.270 e. The van der Waals surface area contributed by atoms with E-state index in [1.165, 1.54) is 16.8 Å². The molecule has 1 fully saturated rings. The van der Waals surface area contributed by atoms with Crippen LogP contribution in [0.15, 0.2) is 48.7 Å². The SMILES string of the molecule is CC(C)[C@@H]1NC(=O)[C@@H](C)N(C(=O)c2ccc[nH]2)CCCNC(=O)[C@H](Cc2ccccc2)NC(=O)CN(C)C1=O. The Bertz CT molecular complexity index is 1150. The highest BCUT2D eigenvalue weighted by Crippen LogP contribution is 2.12. The van der Waals surface area contributed by atoms with Crippen molar-refractivity contribution in [2.75, 3.05) is 26.7 Å². The third-order valence-electron chi connectivity index (χ3n) is 6.73. The highest BCUT2D eigenvalue weighted by molar-refractivity contribution is 5.97. The largest absolute Gasteiger partial charge is 0.357 e. The van der Waals surface area contributed by atoms with Gasteiger partial charge in [0.15, 0.2) is 0 Å². The molecule has 0 saturated carbocycles. The summed E-state index contributed by atoms with van der Waals surface area (Å²) in [7, 11) is 1.48. The van der Waals surface area contributed by atoms with Crippen molar-refractivity contribution >= 4 is 29.5 Å². The number of nitrogens with one attached hydrogen (secondary N) is 4. The van der Waals surface area contributed by atoms with E-state index in [0.717, 1.165) is 5.56 Å². The van der Waals surface area contributed by atoms with Crippen molar-refractivity contribution in [1.82, 2.24) is 30.7 Å². The fourth-order valence-corrected chi connectivity index (χ4v) is 4.43. The van der Waals surface area contributed by atoms with Gasteiger partial charge in [0, 0.05) is 32.8 Å². The predicted octanol–water partition coefficient (Wildman–Crippen LogP) is 0.692. The van der Waals surface area contributed by atoms with Gasteiger partial charge < -0.3 is 30.7 Å². The Morgan fingerprint density at radius 1 is 1.00 bits per heavy atom. The first-order valence-corrected chi connectivity index (χ1v) is 13.2. The molecule has 0 bridgehead atoms. The van der Waals surface area contributed by atoms with Crippen LogP contribution in [0.25, 0.3) is 0 Å². The van der Waals surface area contributed by atoms with Crippen molar-refractivity contribution in [1.29, 1.82) is 0 Å². The van der Waals surface area contributed by atoms with E-state index in [1.54, 1.807) is 39.1 Å². The highest BCUT2D eigenvalue weighted by Gasteiger charge is 2.33. The third kappa shape index (κ3) is 7.92. The Morgan fingerprint density at radius 2 is 1.72 bits per heavy atom. The van der Waals surface area contributed by atoms with Gasteiger partial charge in [0.05, 0.1) is 6.54 Å². The Hall–Kier alpha value is -4.15. The minimum Gasteiger partial charge on any atom is -0.357 e. The fraction of sp³-hybridized carbons (Fsp3) is 0.464. The van der Waals surface area contributed by atoms with Crippen molar-refractivity contribution in [3.8, 4) is 0 Å². The Morgan fingerprint density at radius 3 is 2.36 bits per heavy atom. The molecule has 2 aromatic rings. The molecule has 3 rings (SSSR count). The lowest BCUT2D eigenvalue weighted by molar-refractivity contribution is -0.140. The van der Waals surface area contributed by atoms with E-state index in [2.05, 4.69) is 20.9 Å². The summed E-state index contributed by atoms with van der Waals surface area (Å²) in [4.78, 5) is 71.3. The zero-order valence-electron chi connectivity index (χ0n) is 22.9.